The number of aromatic amines is 1. The van der Waals surface area contributed by atoms with E-state index < -0.39 is 30.3 Å². The van der Waals surface area contributed by atoms with Crippen LogP contribution in [-0.2, 0) is 17.7 Å². The molecule has 1 unspecified atom stereocenters. The van der Waals surface area contributed by atoms with Crippen molar-refractivity contribution in [2.24, 2.45) is 0 Å². The van der Waals surface area contributed by atoms with E-state index in [1.807, 2.05) is 36.4 Å². The van der Waals surface area contributed by atoms with Gasteiger partial charge < -0.3 is 4.74 Å². The van der Waals surface area contributed by atoms with Crippen molar-refractivity contribution in [3.8, 4) is 17.6 Å². The monoisotopic (exact) mass is 630 g/mol. The molecule has 2 heterocycles. The molecule has 3 N–H and O–H groups in total. The Morgan fingerprint density at radius 3 is 2.45 bits per heavy atom. The summed E-state index contributed by atoms with van der Waals surface area (Å²) in [6.45, 7) is 8.63. The molecule has 4 rings (SSSR count). The summed E-state index contributed by atoms with van der Waals surface area (Å²) in [5, 5.41) is 10.2. The molecule has 1 atom stereocenters. The normalized spacial score (nSPS) is 14.8. The predicted octanol–water partition coefficient (Wildman–Crippen LogP) is 4.12. The van der Waals surface area contributed by atoms with E-state index in [4.69, 9.17) is 4.74 Å². The SMILES string of the molecule is C=CI(CF)NCC(Cc1nc[nH]c(=O)c1O)c1ccc(C#Cc2ccc(CN3CCOCC3)cc2)cc1. The van der Waals surface area contributed by atoms with Crippen LogP contribution in [0.5, 0.6) is 5.75 Å². The van der Waals surface area contributed by atoms with Crippen LogP contribution in [0.4, 0.5) is 4.39 Å². The Labute approximate surface area is 229 Å². The average Bonchev–Trinajstić information content (AvgIpc) is 2.95. The van der Waals surface area contributed by atoms with Crippen molar-refractivity contribution in [3.05, 3.63) is 104 Å². The first-order valence-electron chi connectivity index (χ1n) is 12.4. The maximum atomic E-state index is 13.3. The minimum atomic E-state index is -2.09. The molecule has 0 radical (unpaired) electrons. The molecule has 9 heteroatoms. The van der Waals surface area contributed by atoms with E-state index in [1.54, 1.807) is 4.08 Å². The number of aromatic hydroxyl groups is 1. The van der Waals surface area contributed by atoms with Crippen LogP contribution in [0.15, 0.2) is 70.3 Å². The number of hydrogen-bond donors (Lipinski definition) is 3. The molecule has 1 fully saturated rings. The third kappa shape index (κ3) is 7.98. The van der Waals surface area contributed by atoms with Crippen LogP contribution >= 0.6 is 20.1 Å². The molecule has 1 aliphatic rings. The van der Waals surface area contributed by atoms with E-state index in [1.165, 1.54) is 11.9 Å². The summed E-state index contributed by atoms with van der Waals surface area (Å²) in [7, 11) is 0. The Morgan fingerprint density at radius 2 is 1.82 bits per heavy atom. The van der Waals surface area contributed by atoms with Gasteiger partial charge in [0.1, 0.15) is 0 Å². The number of nitrogens with zero attached hydrogens (tertiary/aromatic N) is 2. The van der Waals surface area contributed by atoms with Gasteiger partial charge in [-0.2, -0.15) is 0 Å². The van der Waals surface area contributed by atoms with Gasteiger partial charge in [-0.05, 0) is 5.56 Å². The molecule has 3 aromatic rings. The van der Waals surface area contributed by atoms with Gasteiger partial charge in [-0.3, -0.25) is 4.90 Å². The number of nitrogens with one attached hydrogen (secondary N) is 2. The number of alkyl halides is 2. The Balaban J connectivity index is 1.44. The molecular weight excluding hydrogens is 598 g/mol. The molecule has 1 saturated heterocycles. The number of aromatic nitrogens is 2. The van der Waals surface area contributed by atoms with Gasteiger partial charge >= 0.3 is 183 Å². The Morgan fingerprint density at radius 1 is 1.16 bits per heavy atom. The second-order valence-corrected chi connectivity index (χ2v) is 13.4. The maximum absolute atomic E-state index is 13.3. The summed E-state index contributed by atoms with van der Waals surface area (Å²) in [6, 6.07) is 16.2. The Kier molecular flexibility index (Phi) is 10.5. The molecule has 0 aliphatic carbocycles. The molecule has 0 saturated carbocycles. The average molecular weight is 631 g/mol. The van der Waals surface area contributed by atoms with Crippen molar-refractivity contribution in [2.75, 3.05) is 37.5 Å². The van der Waals surface area contributed by atoms with Gasteiger partial charge in [0.05, 0.1) is 13.2 Å². The summed E-state index contributed by atoms with van der Waals surface area (Å²) in [6.07, 6.45) is 1.61. The fourth-order valence-corrected chi connectivity index (χ4v) is 5.99. The first-order valence-corrected chi connectivity index (χ1v) is 16.2. The molecule has 0 amide bonds. The summed E-state index contributed by atoms with van der Waals surface area (Å²) in [4.78, 5) is 20.7. The molecular formula is C29H32FIN4O3. The number of hydrogen-bond acceptors (Lipinski definition) is 6. The molecule has 0 spiro atoms. The number of halogens is 2. The van der Waals surface area contributed by atoms with Crippen molar-refractivity contribution < 1.29 is 14.2 Å². The van der Waals surface area contributed by atoms with Crippen LogP contribution in [0.2, 0.25) is 0 Å². The molecule has 38 heavy (non-hydrogen) atoms. The summed E-state index contributed by atoms with van der Waals surface area (Å²) >= 11 is -2.09. The zero-order valence-corrected chi connectivity index (χ0v) is 23.3. The number of ether oxygens (including phenoxy) is 1. The van der Waals surface area contributed by atoms with Gasteiger partial charge in [-0.25, -0.2) is 0 Å². The molecule has 1 aliphatic heterocycles. The zero-order chi connectivity index (χ0) is 26.7. The first-order chi connectivity index (χ1) is 18.6. The fraction of sp³-hybridized carbons (Fsp3) is 0.310. The predicted molar refractivity (Wildman–Crippen MR) is 156 cm³/mol. The third-order valence-electron chi connectivity index (χ3n) is 6.33. The van der Waals surface area contributed by atoms with Crippen LogP contribution in [0.25, 0.3) is 0 Å². The van der Waals surface area contributed by atoms with E-state index in [0.717, 1.165) is 49.5 Å². The number of morpholine rings is 1. The van der Waals surface area contributed by atoms with Crippen molar-refractivity contribution in [1.82, 2.24) is 18.4 Å². The van der Waals surface area contributed by atoms with Gasteiger partial charge in [-0.15, -0.1) is 0 Å². The van der Waals surface area contributed by atoms with Gasteiger partial charge in [-0.1, -0.05) is 0 Å². The van der Waals surface area contributed by atoms with E-state index >= 15 is 0 Å². The van der Waals surface area contributed by atoms with E-state index in [0.29, 0.717) is 18.7 Å². The topological polar surface area (TPSA) is 90.5 Å². The number of H-pyrrole nitrogens is 1. The quantitative estimate of drug-likeness (QED) is 0.135. The molecule has 2 aromatic carbocycles. The summed E-state index contributed by atoms with van der Waals surface area (Å²) in [5.41, 5.74) is 3.79. The second kappa shape index (κ2) is 14.2. The minimum absolute atomic E-state index is 0.123. The van der Waals surface area contributed by atoms with E-state index in [2.05, 4.69) is 49.0 Å². The zero-order valence-electron chi connectivity index (χ0n) is 21.1. The van der Waals surface area contributed by atoms with Crippen molar-refractivity contribution in [3.63, 3.8) is 0 Å². The number of rotatable bonds is 10. The van der Waals surface area contributed by atoms with E-state index in [9.17, 15) is 14.3 Å². The van der Waals surface area contributed by atoms with Gasteiger partial charge in [0.2, 0.25) is 0 Å². The Hall–Kier alpha value is -3.04. The van der Waals surface area contributed by atoms with Crippen LogP contribution in [0, 0.1) is 11.8 Å². The van der Waals surface area contributed by atoms with Crippen LogP contribution in [0.1, 0.15) is 33.9 Å². The molecule has 7 nitrogen and oxygen atoms in total. The summed E-state index contributed by atoms with van der Waals surface area (Å²) < 4.78 is 23.2. The van der Waals surface area contributed by atoms with Gasteiger partial charge in [0.25, 0.3) is 0 Å². The second-order valence-electron chi connectivity index (χ2n) is 8.88. The van der Waals surface area contributed by atoms with Crippen molar-refractivity contribution in [1.29, 1.82) is 0 Å². The van der Waals surface area contributed by atoms with Gasteiger partial charge in [0.15, 0.2) is 0 Å². The number of benzene rings is 2. The van der Waals surface area contributed by atoms with Crippen LogP contribution in [0.3, 0.4) is 0 Å². The first kappa shape index (κ1) is 28.0. The van der Waals surface area contributed by atoms with Crippen molar-refractivity contribution >= 4 is 20.1 Å². The fourth-order valence-electron chi connectivity index (χ4n) is 4.14. The third-order valence-corrected chi connectivity index (χ3v) is 9.44. The van der Waals surface area contributed by atoms with Crippen LogP contribution in [-0.4, -0.2) is 57.5 Å². The van der Waals surface area contributed by atoms with Gasteiger partial charge in [0, 0.05) is 19.6 Å². The summed E-state index contributed by atoms with van der Waals surface area (Å²) in [5.74, 6) is 5.93. The van der Waals surface area contributed by atoms with E-state index in [-0.39, 0.29) is 11.7 Å². The molecule has 1 aromatic heterocycles. The molecule has 0 bridgehead atoms. The van der Waals surface area contributed by atoms with Crippen molar-refractivity contribution in [2.45, 2.75) is 18.9 Å². The molecule has 200 valence electrons. The van der Waals surface area contributed by atoms with Crippen LogP contribution < -0.4 is 9.09 Å². The Bertz CT molecular complexity index is 1310. The standard InChI is InChI=1S/C29H32FIN4O3/c1-2-31(20-30)34-18-26(17-27-28(36)29(37)33-21-32-27)25-11-9-23(10-12-25)4-3-22-5-7-24(8-6-22)19-35-13-15-38-16-14-35/h2,5-12,21,26,34,36H,1,13-20H2,(H,32,33,37).